The minimum Gasteiger partial charge on any atom is -0.338 e. The molecule has 5 nitrogen and oxygen atoms in total. The summed E-state index contributed by atoms with van der Waals surface area (Å²) >= 11 is 3.48. The third-order valence-corrected chi connectivity index (χ3v) is 8.52. The van der Waals surface area contributed by atoms with Crippen LogP contribution < -0.4 is 5.32 Å². The average molecular weight is 561 g/mol. The highest BCUT2D eigenvalue weighted by Crippen LogP contribution is 2.42. The van der Waals surface area contributed by atoms with E-state index < -0.39 is 0 Å². The minimum absolute atomic E-state index is 0.0282. The molecule has 0 bridgehead atoms. The summed E-state index contributed by atoms with van der Waals surface area (Å²) in [6.45, 7) is 4.17. The molecule has 192 valence electrons. The number of likely N-dealkylation sites (tertiary alicyclic amines) is 2. The Labute approximate surface area is 228 Å². The molecule has 1 atom stereocenters. The molecule has 37 heavy (non-hydrogen) atoms. The largest absolute Gasteiger partial charge is 0.338 e. The molecular formula is C31H34BrN3O2. The second-order valence-electron chi connectivity index (χ2n) is 10.3. The summed E-state index contributed by atoms with van der Waals surface area (Å²) in [4.78, 5) is 31.1. The molecule has 1 spiro atoms. The highest BCUT2D eigenvalue weighted by Gasteiger charge is 2.47. The number of amides is 2. The molecule has 1 N–H and O–H groups in total. The van der Waals surface area contributed by atoms with E-state index >= 15 is 0 Å². The lowest BCUT2D eigenvalue weighted by Gasteiger charge is -2.38. The molecule has 2 amide bonds. The van der Waals surface area contributed by atoms with Crippen LogP contribution in [0.15, 0.2) is 89.4 Å². The van der Waals surface area contributed by atoms with Gasteiger partial charge >= 0.3 is 0 Å². The number of nitrogens with zero attached hydrogens (tertiary/aromatic N) is 2. The molecule has 6 heteroatoms. The molecular weight excluding hydrogens is 526 g/mol. The molecule has 3 aromatic carbocycles. The van der Waals surface area contributed by atoms with Crippen LogP contribution in [0.3, 0.4) is 0 Å². The first-order chi connectivity index (χ1) is 18.0. The molecule has 2 aliphatic rings. The van der Waals surface area contributed by atoms with Gasteiger partial charge in [-0.2, -0.15) is 0 Å². The van der Waals surface area contributed by atoms with Gasteiger partial charge in [0.25, 0.3) is 0 Å². The lowest BCUT2D eigenvalue weighted by molar-refractivity contribution is -0.138. The van der Waals surface area contributed by atoms with Gasteiger partial charge in [0, 0.05) is 23.2 Å². The highest BCUT2D eigenvalue weighted by atomic mass is 79.9. The molecule has 3 aromatic rings. The Hall–Kier alpha value is -2.96. The third-order valence-electron chi connectivity index (χ3n) is 7.99. The fraction of sp³-hybridized carbons (Fsp3) is 0.355. The maximum Gasteiger partial charge on any atom is 0.231 e. The number of benzene rings is 3. The second kappa shape index (κ2) is 11.6. The third kappa shape index (κ3) is 6.13. The Balaban J connectivity index is 1.17. The van der Waals surface area contributed by atoms with E-state index in [4.69, 9.17) is 0 Å². The molecule has 2 saturated heterocycles. The first-order valence-corrected chi connectivity index (χ1v) is 14.0. The number of hydrogen-bond donors (Lipinski definition) is 1. The summed E-state index contributed by atoms with van der Waals surface area (Å²) in [5, 5.41) is 3.09. The fourth-order valence-corrected chi connectivity index (χ4v) is 5.98. The van der Waals surface area contributed by atoms with Gasteiger partial charge in [-0.25, -0.2) is 0 Å². The number of hydrogen-bond acceptors (Lipinski definition) is 3. The monoisotopic (exact) mass is 559 g/mol. The number of carbonyl (C=O) groups is 2. The zero-order chi connectivity index (χ0) is 25.7. The van der Waals surface area contributed by atoms with Crippen LogP contribution in [0.4, 0.5) is 5.69 Å². The SMILES string of the molecule is O=C(Nc1ccccc1)C(CCN1CCC2(CC1)CCN(Cc1ccc(Br)cc1)C2=O)c1ccccc1. The number of anilines is 1. The van der Waals surface area contributed by atoms with Crippen LogP contribution in [0.25, 0.3) is 0 Å². The van der Waals surface area contributed by atoms with Crippen molar-refractivity contribution < 1.29 is 9.59 Å². The molecule has 0 saturated carbocycles. The second-order valence-corrected chi connectivity index (χ2v) is 11.2. The molecule has 1 unspecified atom stereocenters. The van der Waals surface area contributed by atoms with Crippen molar-refractivity contribution in [2.75, 3.05) is 31.5 Å². The first kappa shape index (κ1) is 25.7. The highest BCUT2D eigenvalue weighted by molar-refractivity contribution is 9.10. The number of nitrogens with one attached hydrogen (secondary N) is 1. The van der Waals surface area contributed by atoms with Gasteiger partial charge in [-0.15, -0.1) is 0 Å². The Morgan fingerprint density at radius 1 is 0.865 bits per heavy atom. The van der Waals surface area contributed by atoms with Crippen molar-refractivity contribution in [1.29, 1.82) is 0 Å². The van der Waals surface area contributed by atoms with Crippen LogP contribution in [-0.4, -0.2) is 47.8 Å². The van der Waals surface area contributed by atoms with Crippen molar-refractivity contribution in [3.63, 3.8) is 0 Å². The van der Waals surface area contributed by atoms with Crippen molar-refractivity contribution in [2.24, 2.45) is 5.41 Å². The Morgan fingerprint density at radius 2 is 1.49 bits per heavy atom. The zero-order valence-corrected chi connectivity index (χ0v) is 22.7. The number of piperidine rings is 1. The van der Waals surface area contributed by atoms with E-state index in [2.05, 4.69) is 38.3 Å². The van der Waals surface area contributed by atoms with Gasteiger partial charge in [0.2, 0.25) is 11.8 Å². The predicted octanol–water partition coefficient (Wildman–Crippen LogP) is 6.08. The van der Waals surface area contributed by atoms with Crippen molar-refractivity contribution in [1.82, 2.24) is 9.80 Å². The molecule has 0 aliphatic carbocycles. The molecule has 0 aromatic heterocycles. The van der Waals surface area contributed by atoms with Crippen LogP contribution in [0, 0.1) is 5.41 Å². The fourth-order valence-electron chi connectivity index (χ4n) is 5.72. The Kier molecular flexibility index (Phi) is 8.06. The molecule has 2 aliphatic heterocycles. The number of carbonyl (C=O) groups excluding carboxylic acids is 2. The van der Waals surface area contributed by atoms with Crippen LogP contribution in [-0.2, 0) is 16.1 Å². The summed E-state index contributed by atoms with van der Waals surface area (Å²) in [5.74, 6) is 0.131. The van der Waals surface area contributed by atoms with E-state index in [0.29, 0.717) is 12.5 Å². The molecule has 5 rings (SSSR count). The van der Waals surface area contributed by atoms with Gasteiger partial charge in [-0.05, 0) is 80.7 Å². The van der Waals surface area contributed by atoms with Gasteiger partial charge in [0.15, 0.2) is 0 Å². The molecule has 0 radical (unpaired) electrons. The van der Waals surface area contributed by atoms with Crippen LogP contribution in [0.1, 0.15) is 42.7 Å². The van der Waals surface area contributed by atoms with E-state index in [-0.39, 0.29) is 17.2 Å². The van der Waals surface area contributed by atoms with E-state index in [1.165, 1.54) is 5.56 Å². The van der Waals surface area contributed by atoms with Crippen molar-refractivity contribution in [3.8, 4) is 0 Å². The van der Waals surface area contributed by atoms with Gasteiger partial charge < -0.3 is 15.1 Å². The molecule has 2 fully saturated rings. The van der Waals surface area contributed by atoms with Gasteiger partial charge in [-0.1, -0.05) is 76.6 Å². The summed E-state index contributed by atoms with van der Waals surface area (Å²) in [6, 6.07) is 27.9. The van der Waals surface area contributed by atoms with Gasteiger partial charge in [0.05, 0.1) is 11.3 Å². The maximum absolute atomic E-state index is 13.4. The lowest BCUT2D eigenvalue weighted by Crippen LogP contribution is -2.45. The minimum atomic E-state index is -0.216. The Bertz CT molecular complexity index is 1190. The smallest absolute Gasteiger partial charge is 0.231 e. The summed E-state index contributed by atoms with van der Waals surface area (Å²) < 4.78 is 1.06. The summed E-state index contributed by atoms with van der Waals surface area (Å²) in [5.41, 5.74) is 2.82. The van der Waals surface area contributed by atoms with Crippen LogP contribution in [0.2, 0.25) is 0 Å². The number of halogens is 1. The van der Waals surface area contributed by atoms with Crippen LogP contribution in [0.5, 0.6) is 0 Å². The number of para-hydroxylation sites is 1. The van der Waals surface area contributed by atoms with Crippen LogP contribution >= 0.6 is 15.9 Å². The van der Waals surface area contributed by atoms with Crippen molar-refractivity contribution in [2.45, 2.75) is 38.1 Å². The normalized spacial score (nSPS) is 18.2. The van der Waals surface area contributed by atoms with E-state index in [9.17, 15) is 9.59 Å². The Morgan fingerprint density at radius 3 is 2.16 bits per heavy atom. The van der Waals surface area contributed by atoms with E-state index in [0.717, 1.165) is 67.6 Å². The van der Waals surface area contributed by atoms with Gasteiger partial charge in [0.1, 0.15) is 0 Å². The van der Waals surface area contributed by atoms with E-state index in [1.54, 1.807) is 0 Å². The predicted molar refractivity (Wildman–Crippen MR) is 151 cm³/mol. The first-order valence-electron chi connectivity index (χ1n) is 13.2. The molecule has 2 heterocycles. The topological polar surface area (TPSA) is 52.7 Å². The summed E-state index contributed by atoms with van der Waals surface area (Å²) in [6.07, 6.45) is 3.49. The van der Waals surface area contributed by atoms with Crippen molar-refractivity contribution >= 4 is 33.4 Å². The number of rotatable bonds is 8. The maximum atomic E-state index is 13.4. The average Bonchev–Trinajstić information content (AvgIpc) is 3.22. The standard InChI is InChI=1S/C31H34BrN3O2/c32-26-13-11-24(12-14-26)23-35-22-18-31(30(35)37)16-20-34(21-17-31)19-15-28(25-7-3-1-4-8-25)29(36)33-27-9-5-2-6-10-27/h1-14,28H,15-23H2,(H,33,36). The quantitative estimate of drug-likeness (QED) is 0.364. The lowest BCUT2D eigenvalue weighted by atomic mass is 9.77. The van der Waals surface area contributed by atoms with Gasteiger partial charge in [-0.3, -0.25) is 9.59 Å². The van der Waals surface area contributed by atoms with E-state index in [1.807, 2.05) is 77.7 Å². The van der Waals surface area contributed by atoms with Crippen molar-refractivity contribution in [3.05, 3.63) is 101 Å². The summed E-state index contributed by atoms with van der Waals surface area (Å²) in [7, 11) is 0. The zero-order valence-electron chi connectivity index (χ0n) is 21.1.